The van der Waals surface area contributed by atoms with Gasteiger partial charge < -0.3 is 20.1 Å². The van der Waals surface area contributed by atoms with Crippen molar-refractivity contribution in [1.82, 2.24) is 10.2 Å². The first-order valence-electron chi connectivity index (χ1n) is 9.64. The molecule has 2 N–H and O–H groups in total. The van der Waals surface area contributed by atoms with Crippen LogP contribution in [0.2, 0.25) is 0 Å². The number of carbonyl (C=O) groups excluding carboxylic acids is 2. The molecule has 2 amide bonds. The van der Waals surface area contributed by atoms with Gasteiger partial charge in [-0.05, 0) is 76.9 Å². The summed E-state index contributed by atoms with van der Waals surface area (Å²) in [6.07, 6.45) is 1.34. The minimum Gasteiger partial charge on any atom is -0.444 e. The van der Waals surface area contributed by atoms with Crippen LogP contribution in [0, 0.1) is 5.92 Å². The van der Waals surface area contributed by atoms with Crippen molar-refractivity contribution in [2.75, 3.05) is 31.5 Å². The largest absolute Gasteiger partial charge is 0.444 e. The number of alkyl carbamates (subject to hydrolysis) is 1. The number of piperidine rings is 1. The van der Waals surface area contributed by atoms with Crippen LogP contribution in [0.5, 0.6) is 5.75 Å². The molecule has 1 saturated heterocycles. The van der Waals surface area contributed by atoms with Gasteiger partial charge in [0.15, 0.2) is 0 Å². The fourth-order valence-corrected chi connectivity index (χ4v) is 3.01. The molecule has 1 aliphatic heterocycles. The van der Waals surface area contributed by atoms with Gasteiger partial charge >= 0.3 is 12.7 Å². The predicted molar refractivity (Wildman–Crippen MR) is 105 cm³/mol. The Morgan fingerprint density at radius 3 is 2.34 bits per heavy atom. The lowest BCUT2D eigenvalue weighted by Crippen LogP contribution is -2.42. The van der Waals surface area contributed by atoms with E-state index in [1.54, 1.807) is 0 Å². The highest BCUT2D eigenvalue weighted by Crippen LogP contribution is 2.19. The Morgan fingerprint density at radius 2 is 1.79 bits per heavy atom. The summed E-state index contributed by atoms with van der Waals surface area (Å²) in [5, 5.41) is 5.54. The zero-order valence-corrected chi connectivity index (χ0v) is 17.0. The minimum absolute atomic E-state index is 0.0417. The Labute approximate surface area is 169 Å². The number of rotatable bonds is 7. The van der Waals surface area contributed by atoms with Crippen LogP contribution in [-0.2, 0) is 9.53 Å². The highest BCUT2D eigenvalue weighted by molar-refractivity contribution is 5.92. The summed E-state index contributed by atoms with van der Waals surface area (Å²) in [6.45, 7) is 4.91. The Balaban J connectivity index is 1.67. The van der Waals surface area contributed by atoms with Crippen molar-refractivity contribution in [3.63, 3.8) is 0 Å². The van der Waals surface area contributed by atoms with Crippen LogP contribution < -0.4 is 15.4 Å². The van der Waals surface area contributed by atoms with Crippen molar-refractivity contribution in [3.8, 4) is 5.75 Å². The monoisotopic (exact) mass is 413 g/mol. The second kappa shape index (κ2) is 10.4. The first-order chi connectivity index (χ1) is 13.6. The summed E-state index contributed by atoms with van der Waals surface area (Å²) in [5.74, 6) is 0.224. The first-order valence-corrected chi connectivity index (χ1v) is 9.64. The SMILES string of the molecule is CC(C)(C)OC(=O)NCC1CCN(CC(=O)Nc2ccc(OC(F)F)cc2)CC1. The van der Waals surface area contributed by atoms with E-state index in [2.05, 4.69) is 15.4 Å². The van der Waals surface area contributed by atoms with Gasteiger partial charge in [-0.1, -0.05) is 0 Å². The lowest BCUT2D eigenvalue weighted by atomic mass is 9.97. The minimum atomic E-state index is -2.88. The number of halogens is 2. The molecule has 7 nitrogen and oxygen atoms in total. The van der Waals surface area contributed by atoms with Gasteiger partial charge in [0.05, 0.1) is 6.54 Å². The maximum absolute atomic E-state index is 12.2. The summed E-state index contributed by atoms with van der Waals surface area (Å²) in [4.78, 5) is 26.0. The fourth-order valence-electron chi connectivity index (χ4n) is 3.01. The van der Waals surface area contributed by atoms with Crippen LogP contribution in [0.15, 0.2) is 24.3 Å². The van der Waals surface area contributed by atoms with Crippen LogP contribution in [0.25, 0.3) is 0 Å². The third-order valence-electron chi connectivity index (χ3n) is 4.37. The molecule has 0 aromatic heterocycles. The van der Waals surface area contributed by atoms with Crippen molar-refractivity contribution in [1.29, 1.82) is 0 Å². The van der Waals surface area contributed by atoms with Crippen molar-refractivity contribution < 1.29 is 27.8 Å². The molecule has 1 aliphatic rings. The van der Waals surface area contributed by atoms with E-state index in [0.29, 0.717) is 18.2 Å². The number of nitrogens with zero attached hydrogens (tertiary/aromatic N) is 1. The highest BCUT2D eigenvalue weighted by Gasteiger charge is 2.22. The molecule has 0 radical (unpaired) electrons. The zero-order valence-electron chi connectivity index (χ0n) is 17.0. The van der Waals surface area contributed by atoms with Gasteiger partial charge in [0, 0.05) is 12.2 Å². The summed E-state index contributed by atoms with van der Waals surface area (Å²) >= 11 is 0. The van der Waals surface area contributed by atoms with E-state index in [1.807, 2.05) is 25.7 Å². The number of anilines is 1. The second-order valence-corrected chi connectivity index (χ2v) is 8.05. The normalized spacial score (nSPS) is 15.8. The zero-order chi connectivity index (χ0) is 21.4. The van der Waals surface area contributed by atoms with Crippen molar-refractivity contribution in [2.45, 2.75) is 45.8 Å². The standard InChI is InChI=1S/C20H29F2N3O4/c1-20(2,3)29-19(27)23-12-14-8-10-25(11-9-14)13-17(26)24-15-4-6-16(7-5-15)28-18(21)22/h4-7,14,18H,8-13H2,1-3H3,(H,23,27)(H,24,26). The molecule has 0 atom stereocenters. The Bertz CT molecular complexity index is 669. The Morgan fingerprint density at radius 1 is 1.17 bits per heavy atom. The number of carbonyl (C=O) groups is 2. The molecule has 0 spiro atoms. The molecule has 1 heterocycles. The Kier molecular flexibility index (Phi) is 8.19. The number of benzene rings is 1. The second-order valence-electron chi connectivity index (χ2n) is 8.05. The summed E-state index contributed by atoms with van der Waals surface area (Å²) in [7, 11) is 0. The number of likely N-dealkylation sites (tertiary alicyclic amines) is 1. The number of hydrogen-bond acceptors (Lipinski definition) is 5. The van der Waals surface area contributed by atoms with Gasteiger partial charge in [0.1, 0.15) is 11.4 Å². The lowest BCUT2D eigenvalue weighted by Gasteiger charge is -2.31. The maximum Gasteiger partial charge on any atom is 0.407 e. The third-order valence-corrected chi connectivity index (χ3v) is 4.37. The van der Waals surface area contributed by atoms with Gasteiger partial charge in [0.25, 0.3) is 0 Å². The Hall–Kier alpha value is -2.42. The molecular formula is C20H29F2N3O4. The molecular weight excluding hydrogens is 384 g/mol. The molecule has 29 heavy (non-hydrogen) atoms. The average molecular weight is 413 g/mol. The quantitative estimate of drug-likeness (QED) is 0.716. The summed E-state index contributed by atoms with van der Waals surface area (Å²) in [5.41, 5.74) is 0.00456. The molecule has 2 rings (SSSR count). The molecule has 1 aromatic rings. The maximum atomic E-state index is 12.2. The smallest absolute Gasteiger partial charge is 0.407 e. The van der Waals surface area contributed by atoms with E-state index < -0.39 is 18.3 Å². The van der Waals surface area contributed by atoms with Crippen molar-refractivity contribution in [2.24, 2.45) is 5.92 Å². The van der Waals surface area contributed by atoms with Gasteiger partial charge in [-0.15, -0.1) is 0 Å². The molecule has 1 aromatic carbocycles. The van der Waals surface area contributed by atoms with E-state index in [0.717, 1.165) is 25.9 Å². The van der Waals surface area contributed by atoms with Crippen LogP contribution in [0.1, 0.15) is 33.6 Å². The van der Waals surface area contributed by atoms with Crippen molar-refractivity contribution in [3.05, 3.63) is 24.3 Å². The van der Waals surface area contributed by atoms with Crippen LogP contribution in [0.3, 0.4) is 0 Å². The van der Waals surface area contributed by atoms with E-state index in [-0.39, 0.29) is 18.2 Å². The lowest BCUT2D eigenvalue weighted by molar-refractivity contribution is -0.117. The third kappa shape index (κ3) is 9.08. The molecule has 1 fully saturated rings. The van der Waals surface area contributed by atoms with Crippen molar-refractivity contribution >= 4 is 17.7 Å². The van der Waals surface area contributed by atoms with Gasteiger partial charge in [-0.3, -0.25) is 9.69 Å². The average Bonchev–Trinajstić information content (AvgIpc) is 2.61. The predicted octanol–water partition coefficient (Wildman–Crippen LogP) is 3.46. The summed E-state index contributed by atoms with van der Waals surface area (Å²) in [6, 6.07) is 5.80. The van der Waals surface area contributed by atoms with E-state index in [9.17, 15) is 18.4 Å². The highest BCUT2D eigenvalue weighted by atomic mass is 19.3. The molecule has 0 aliphatic carbocycles. The summed E-state index contributed by atoms with van der Waals surface area (Å²) < 4.78 is 33.8. The first kappa shape index (κ1) is 22.9. The van der Waals surface area contributed by atoms with Crippen LogP contribution >= 0.6 is 0 Å². The number of ether oxygens (including phenoxy) is 2. The molecule has 0 unspecified atom stereocenters. The number of alkyl halides is 2. The fraction of sp³-hybridized carbons (Fsp3) is 0.600. The van der Waals surface area contributed by atoms with Gasteiger partial charge in [-0.25, -0.2) is 4.79 Å². The van der Waals surface area contributed by atoms with E-state index in [4.69, 9.17) is 4.74 Å². The number of nitrogens with one attached hydrogen (secondary N) is 2. The number of amides is 2. The van der Waals surface area contributed by atoms with Crippen LogP contribution in [-0.4, -0.2) is 55.3 Å². The van der Waals surface area contributed by atoms with Crippen LogP contribution in [0.4, 0.5) is 19.3 Å². The topological polar surface area (TPSA) is 79.9 Å². The van der Waals surface area contributed by atoms with Gasteiger partial charge in [-0.2, -0.15) is 8.78 Å². The molecule has 0 saturated carbocycles. The van der Waals surface area contributed by atoms with E-state index >= 15 is 0 Å². The molecule has 9 heteroatoms. The molecule has 0 bridgehead atoms. The number of hydrogen-bond donors (Lipinski definition) is 2. The van der Waals surface area contributed by atoms with Gasteiger partial charge in [0.2, 0.25) is 5.91 Å². The van der Waals surface area contributed by atoms with E-state index in [1.165, 1.54) is 24.3 Å². The molecule has 162 valence electrons.